The van der Waals surface area contributed by atoms with Crippen LogP contribution in [0.1, 0.15) is 0 Å². The van der Waals surface area contributed by atoms with E-state index in [-0.39, 0.29) is 0 Å². The number of ether oxygens (including phenoxy) is 3. The fraction of sp³-hybridized carbons (Fsp3) is 0.143. The Kier molecular flexibility index (Phi) is 5.70. The fourth-order valence-corrected chi connectivity index (χ4v) is 6.40. The maximum Gasteiger partial charge on any atom is 0.210 e. The smallest absolute Gasteiger partial charge is 0.210 e. The van der Waals surface area contributed by atoms with Crippen molar-refractivity contribution in [3.8, 4) is 17.2 Å². The summed E-state index contributed by atoms with van der Waals surface area (Å²) in [5.74, 6) is 2.42. The molecule has 0 bridgehead atoms. The van der Waals surface area contributed by atoms with E-state index >= 15 is 0 Å². The van der Waals surface area contributed by atoms with E-state index in [2.05, 4.69) is 0 Å². The standard InChI is InChI=1S/C21H21ClO3P/c1-23-16-4-10-19(11-5-16)26(22,20-12-6-17(24-2)7-13-20)21-14-8-18(25-3)9-15-21/h4-15H,1-3H3/q+1. The highest BCUT2D eigenvalue weighted by Crippen LogP contribution is 2.60. The summed E-state index contributed by atoms with van der Waals surface area (Å²) in [5, 5.41) is 3.20. The number of methoxy groups -OCH3 is 3. The number of rotatable bonds is 6. The summed E-state index contributed by atoms with van der Waals surface area (Å²) in [6.45, 7) is -2.31. The minimum atomic E-state index is -2.31. The first-order chi connectivity index (χ1) is 12.6. The van der Waals surface area contributed by atoms with Gasteiger partial charge in [0.05, 0.1) is 21.3 Å². The van der Waals surface area contributed by atoms with Gasteiger partial charge in [-0.3, -0.25) is 0 Å². The number of halogens is 1. The zero-order valence-corrected chi connectivity index (χ0v) is 16.6. The Morgan fingerprint density at radius 2 is 0.731 bits per heavy atom. The zero-order chi connectivity index (χ0) is 18.6. The summed E-state index contributed by atoms with van der Waals surface area (Å²) in [6, 6.07) is 23.9. The Hall–Kier alpha value is -2.22. The molecule has 0 aliphatic heterocycles. The Labute approximate surface area is 159 Å². The molecule has 0 aliphatic carbocycles. The highest BCUT2D eigenvalue weighted by atomic mass is 35.7. The van der Waals surface area contributed by atoms with Gasteiger partial charge in [0, 0.05) is 0 Å². The highest BCUT2D eigenvalue weighted by Gasteiger charge is 2.44. The third kappa shape index (κ3) is 3.51. The van der Waals surface area contributed by atoms with Gasteiger partial charge in [-0.15, -0.1) is 0 Å². The molecule has 0 radical (unpaired) electrons. The van der Waals surface area contributed by atoms with Crippen molar-refractivity contribution in [2.45, 2.75) is 0 Å². The lowest BCUT2D eigenvalue weighted by Crippen LogP contribution is -2.27. The molecule has 0 unspecified atom stereocenters. The normalized spacial score (nSPS) is 11.1. The van der Waals surface area contributed by atoms with Crippen LogP contribution in [0.5, 0.6) is 17.2 Å². The van der Waals surface area contributed by atoms with Crippen LogP contribution in [0.3, 0.4) is 0 Å². The van der Waals surface area contributed by atoms with Gasteiger partial charge < -0.3 is 14.2 Å². The second-order valence-electron chi connectivity index (χ2n) is 5.68. The lowest BCUT2D eigenvalue weighted by atomic mass is 10.3. The summed E-state index contributed by atoms with van der Waals surface area (Å²) >= 11 is 7.39. The summed E-state index contributed by atoms with van der Waals surface area (Å²) in [6.07, 6.45) is 0. The molecule has 0 saturated heterocycles. The maximum absolute atomic E-state index is 7.39. The van der Waals surface area contributed by atoms with Gasteiger partial charge in [-0.1, -0.05) is 0 Å². The molecule has 0 saturated carbocycles. The highest BCUT2D eigenvalue weighted by molar-refractivity contribution is 8.14. The Balaban J connectivity index is 2.15. The first-order valence-corrected chi connectivity index (χ1v) is 10.8. The minimum absolute atomic E-state index is 0.807. The number of hydrogen-bond acceptors (Lipinski definition) is 3. The Morgan fingerprint density at radius 3 is 0.923 bits per heavy atom. The van der Waals surface area contributed by atoms with Gasteiger partial charge in [0.1, 0.15) is 44.4 Å². The van der Waals surface area contributed by atoms with Gasteiger partial charge >= 0.3 is 0 Å². The van der Waals surface area contributed by atoms with Crippen LogP contribution in [0.25, 0.3) is 0 Å². The van der Waals surface area contributed by atoms with Crippen LogP contribution < -0.4 is 30.1 Å². The van der Waals surface area contributed by atoms with Crippen LogP contribution in [0.4, 0.5) is 0 Å². The second-order valence-corrected chi connectivity index (χ2v) is 9.93. The average molecular weight is 388 g/mol. The van der Waals surface area contributed by atoms with Crippen LogP contribution in [0, 0.1) is 0 Å². The molecule has 0 fully saturated rings. The molecule has 3 aromatic rings. The summed E-state index contributed by atoms with van der Waals surface area (Å²) in [4.78, 5) is 0. The van der Waals surface area contributed by atoms with E-state index in [1.54, 1.807) is 21.3 Å². The minimum Gasteiger partial charge on any atom is -0.497 e. The van der Waals surface area contributed by atoms with Crippen molar-refractivity contribution in [2.75, 3.05) is 21.3 Å². The van der Waals surface area contributed by atoms with E-state index in [0.29, 0.717) is 0 Å². The lowest BCUT2D eigenvalue weighted by molar-refractivity contribution is 0.415. The van der Waals surface area contributed by atoms with Crippen LogP contribution in [0.2, 0.25) is 0 Å². The number of hydrogen-bond donors (Lipinski definition) is 0. The van der Waals surface area contributed by atoms with Crippen molar-refractivity contribution in [3.63, 3.8) is 0 Å². The van der Waals surface area contributed by atoms with Crippen molar-refractivity contribution in [1.29, 1.82) is 0 Å². The van der Waals surface area contributed by atoms with Crippen molar-refractivity contribution in [1.82, 2.24) is 0 Å². The topological polar surface area (TPSA) is 27.7 Å². The summed E-state index contributed by atoms with van der Waals surface area (Å²) in [5.41, 5.74) is 0. The van der Waals surface area contributed by atoms with Crippen LogP contribution in [-0.2, 0) is 0 Å². The molecule has 0 spiro atoms. The zero-order valence-electron chi connectivity index (χ0n) is 15.0. The summed E-state index contributed by atoms with van der Waals surface area (Å²) in [7, 11) is 4.97. The van der Waals surface area contributed by atoms with E-state index in [0.717, 1.165) is 33.2 Å². The van der Waals surface area contributed by atoms with Crippen LogP contribution in [0.15, 0.2) is 72.8 Å². The molecule has 0 atom stereocenters. The SMILES string of the molecule is COc1ccc([P+](Cl)(c2ccc(OC)cc2)c2ccc(OC)cc2)cc1. The van der Waals surface area contributed by atoms with Gasteiger partial charge in [-0.05, 0) is 72.8 Å². The third-order valence-electron chi connectivity index (χ3n) is 4.28. The van der Waals surface area contributed by atoms with Crippen LogP contribution in [-0.4, -0.2) is 21.3 Å². The molecule has 3 aromatic carbocycles. The molecule has 0 amide bonds. The van der Waals surface area contributed by atoms with Gasteiger partial charge in [-0.2, -0.15) is 0 Å². The first kappa shape index (κ1) is 18.6. The Morgan fingerprint density at radius 1 is 0.500 bits per heavy atom. The molecule has 0 heterocycles. The van der Waals surface area contributed by atoms with Crippen molar-refractivity contribution < 1.29 is 14.2 Å². The van der Waals surface area contributed by atoms with Crippen molar-refractivity contribution in [3.05, 3.63) is 72.8 Å². The Bertz CT molecular complexity index is 730. The quantitative estimate of drug-likeness (QED) is 0.594. The molecule has 26 heavy (non-hydrogen) atoms. The predicted octanol–water partition coefficient (Wildman–Crippen LogP) is 4.16. The van der Waals surface area contributed by atoms with Gasteiger partial charge in [0.15, 0.2) is 0 Å². The van der Waals surface area contributed by atoms with E-state index in [9.17, 15) is 0 Å². The van der Waals surface area contributed by atoms with Crippen LogP contribution >= 0.6 is 17.9 Å². The molecule has 134 valence electrons. The van der Waals surface area contributed by atoms with E-state index in [1.165, 1.54) is 0 Å². The largest absolute Gasteiger partial charge is 0.497 e. The molecule has 3 nitrogen and oxygen atoms in total. The first-order valence-electron chi connectivity index (χ1n) is 8.14. The van der Waals surface area contributed by atoms with Gasteiger partial charge in [0.2, 0.25) is 6.62 Å². The molecule has 0 aromatic heterocycles. The molecule has 0 N–H and O–H groups in total. The van der Waals surface area contributed by atoms with Crippen molar-refractivity contribution >= 4 is 33.8 Å². The van der Waals surface area contributed by atoms with Gasteiger partial charge in [0.25, 0.3) is 0 Å². The summed E-state index contributed by atoms with van der Waals surface area (Å²) < 4.78 is 15.9. The maximum atomic E-state index is 7.39. The molecular formula is C21H21ClO3P+. The van der Waals surface area contributed by atoms with E-state index in [1.807, 2.05) is 72.8 Å². The predicted molar refractivity (Wildman–Crippen MR) is 111 cm³/mol. The number of benzene rings is 3. The lowest BCUT2D eigenvalue weighted by Gasteiger charge is -2.20. The molecule has 5 heteroatoms. The monoisotopic (exact) mass is 387 g/mol. The molecule has 3 rings (SSSR count). The molecule has 0 aliphatic rings. The van der Waals surface area contributed by atoms with Crippen molar-refractivity contribution in [2.24, 2.45) is 0 Å². The second kappa shape index (κ2) is 7.99. The molecular weight excluding hydrogens is 367 g/mol. The third-order valence-corrected chi connectivity index (χ3v) is 9.07. The average Bonchev–Trinajstić information content (AvgIpc) is 2.73. The van der Waals surface area contributed by atoms with E-state index < -0.39 is 6.62 Å². The van der Waals surface area contributed by atoms with E-state index in [4.69, 9.17) is 25.5 Å². The van der Waals surface area contributed by atoms with Gasteiger partial charge in [-0.25, -0.2) is 0 Å². The fourth-order valence-electron chi connectivity index (χ4n) is 2.81.